The lowest BCUT2D eigenvalue weighted by Crippen LogP contribution is -1.96. The molecule has 1 aromatic carbocycles. The minimum atomic E-state index is -0.745. The van der Waals surface area contributed by atoms with Crippen molar-refractivity contribution in [3.05, 3.63) is 35.6 Å². The van der Waals surface area contributed by atoms with E-state index in [2.05, 4.69) is 16.4 Å². The van der Waals surface area contributed by atoms with Gasteiger partial charge in [0.05, 0.1) is 13.2 Å². The van der Waals surface area contributed by atoms with Gasteiger partial charge in [-0.3, -0.25) is 4.79 Å². The fraction of sp³-hybridized carbons (Fsp3) is 0.667. The van der Waals surface area contributed by atoms with E-state index in [0.29, 0.717) is 13.2 Å². The minimum absolute atomic E-state index is 0.162. The number of rotatable bonds is 7. The SMILES string of the molecule is CC.CCC(=O)O.CCCOCC.COCCOC.Cc1cccc(F)c1. The Hall–Kier alpha value is -1.50. The van der Waals surface area contributed by atoms with Crippen molar-refractivity contribution in [1.82, 2.24) is 0 Å². The number of aliphatic carboxylic acids is 1. The molecule has 0 spiro atoms. The first-order chi connectivity index (χ1) is 12.9. The molecule has 0 heterocycles. The summed E-state index contributed by atoms with van der Waals surface area (Å²) < 4.78 is 26.5. The predicted octanol–water partition coefficient (Wildman–Crippen LogP) is 5.35. The van der Waals surface area contributed by atoms with E-state index in [1.54, 1.807) is 27.2 Å². The van der Waals surface area contributed by atoms with Crippen molar-refractivity contribution in [2.75, 3.05) is 40.6 Å². The molecule has 1 rings (SSSR count). The van der Waals surface area contributed by atoms with Gasteiger partial charge < -0.3 is 19.3 Å². The van der Waals surface area contributed by atoms with E-state index in [-0.39, 0.29) is 12.2 Å². The van der Waals surface area contributed by atoms with Gasteiger partial charge >= 0.3 is 5.97 Å². The van der Waals surface area contributed by atoms with Crippen LogP contribution in [0, 0.1) is 12.7 Å². The second-order valence-electron chi connectivity index (χ2n) is 4.73. The van der Waals surface area contributed by atoms with Gasteiger partial charge in [0.25, 0.3) is 0 Å². The molecular formula is C21H41FO5. The van der Waals surface area contributed by atoms with Crippen LogP contribution in [0.15, 0.2) is 24.3 Å². The zero-order valence-corrected chi connectivity index (χ0v) is 18.5. The van der Waals surface area contributed by atoms with Crippen LogP contribution >= 0.6 is 0 Å². The number of halogens is 1. The van der Waals surface area contributed by atoms with E-state index < -0.39 is 5.97 Å². The predicted molar refractivity (Wildman–Crippen MR) is 111 cm³/mol. The highest BCUT2D eigenvalue weighted by Gasteiger charge is 1.84. The molecule has 0 aliphatic carbocycles. The number of benzene rings is 1. The lowest BCUT2D eigenvalue weighted by molar-refractivity contribution is -0.136. The molecule has 0 aliphatic rings. The number of ether oxygens (including phenoxy) is 3. The molecule has 0 radical (unpaired) electrons. The third kappa shape index (κ3) is 45.6. The van der Waals surface area contributed by atoms with Crippen molar-refractivity contribution in [2.45, 2.75) is 54.4 Å². The topological polar surface area (TPSA) is 65.0 Å². The van der Waals surface area contributed by atoms with Crippen LogP contribution in [0.5, 0.6) is 0 Å². The van der Waals surface area contributed by atoms with Gasteiger partial charge in [0.1, 0.15) is 5.82 Å². The molecule has 162 valence electrons. The highest BCUT2D eigenvalue weighted by molar-refractivity contribution is 5.66. The molecular weight excluding hydrogens is 351 g/mol. The maximum atomic E-state index is 12.2. The molecule has 0 fully saturated rings. The number of aryl methyl sites for hydroxylation is 1. The van der Waals surface area contributed by atoms with Crippen molar-refractivity contribution in [2.24, 2.45) is 0 Å². The Labute approximate surface area is 165 Å². The molecule has 0 aliphatic heterocycles. The lowest BCUT2D eigenvalue weighted by atomic mass is 10.2. The van der Waals surface area contributed by atoms with Gasteiger partial charge in [-0.05, 0) is 38.0 Å². The number of carboxylic acids is 1. The van der Waals surface area contributed by atoms with E-state index in [4.69, 9.17) is 9.84 Å². The molecule has 0 atom stereocenters. The summed E-state index contributed by atoms with van der Waals surface area (Å²) in [6.07, 6.45) is 1.35. The molecule has 0 bridgehead atoms. The molecule has 27 heavy (non-hydrogen) atoms. The number of carbonyl (C=O) groups is 1. The van der Waals surface area contributed by atoms with Gasteiger partial charge in [0.15, 0.2) is 0 Å². The summed E-state index contributed by atoms with van der Waals surface area (Å²) in [6, 6.07) is 6.50. The Morgan fingerprint density at radius 1 is 1.04 bits per heavy atom. The number of methoxy groups -OCH3 is 2. The van der Waals surface area contributed by atoms with Crippen LogP contribution in [0.2, 0.25) is 0 Å². The van der Waals surface area contributed by atoms with Crippen molar-refractivity contribution in [3.8, 4) is 0 Å². The third-order valence-corrected chi connectivity index (χ3v) is 2.33. The standard InChI is InChI=1S/C7H7F.C5H12O.C4H10O2.C3H6O2.C2H6/c1-6-3-2-4-7(8)5-6;1-3-5-6-4-2;1-5-3-4-6-2;1-2-3(4)5;1-2/h2-5H,1H3;3-5H2,1-2H3;3-4H2,1-2H3;2H2,1H3,(H,4,5);1-2H3. The average molecular weight is 393 g/mol. The van der Waals surface area contributed by atoms with Gasteiger partial charge in [-0.2, -0.15) is 0 Å². The van der Waals surface area contributed by atoms with Gasteiger partial charge in [-0.15, -0.1) is 0 Å². The quantitative estimate of drug-likeness (QED) is 0.633. The summed E-state index contributed by atoms with van der Waals surface area (Å²) in [7, 11) is 3.30. The summed E-state index contributed by atoms with van der Waals surface area (Å²) in [5.74, 6) is -0.907. The van der Waals surface area contributed by atoms with Gasteiger partial charge in [-0.25, -0.2) is 4.39 Å². The van der Waals surface area contributed by atoms with Crippen molar-refractivity contribution >= 4 is 5.97 Å². The molecule has 5 nitrogen and oxygen atoms in total. The minimum Gasteiger partial charge on any atom is -0.481 e. The first kappa shape index (κ1) is 33.1. The van der Waals surface area contributed by atoms with E-state index in [9.17, 15) is 9.18 Å². The van der Waals surface area contributed by atoms with Crippen LogP contribution in [0.3, 0.4) is 0 Å². The zero-order chi connectivity index (χ0) is 21.9. The lowest BCUT2D eigenvalue weighted by Gasteiger charge is -1.91. The maximum absolute atomic E-state index is 12.2. The van der Waals surface area contributed by atoms with E-state index in [0.717, 1.165) is 25.2 Å². The molecule has 6 heteroatoms. The summed E-state index contributed by atoms with van der Waals surface area (Å²) in [5.41, 5.74) is 0.963. The fourth-order valence-corrected chi connectivity index (χ4v) is 1.06. The van der Waals surface area contributed by atoms with E-state index in [1.807, 2.05) is 33.8 Å². The second-order valence-corrected chi connectivity index (χ2v) is 4.73. The first-order valence-electron chi connectivity index (χ1n) is 9.38. The fourth-order valence-electron chi connectivity index (χ4n) is 1.06. The smallest absolute Gasteiger partial charge is 0.303 e. The number of hydrogen-bond acceptors (Lipinski definition) is 4. The normalized spacial score (nSPS) is 8.33. The van der Waals surface area contributed by atoms with Crippen molar-refractivity contribution < 1.29 is 28.5 Å². The van der Waals surface area contributed by atoms with Crippen LogP contribution in [0.25, 0.3) is 0 Å². The highest BCUT2D eigenvalue weighted by Crippen LogP contribution is 1.99. The van der Waals surface area contributed by atoms with Crippen LogP contribution in [0.4, 0.5) is 4.39 Å². The molecule has 0 amide bonds. The largest absolute Gasteiger partial charge is 0.481 e. The van der Waals surface area contributed by atoms with E-state index >= 15 is 0 Å². The molecule has 0 saturated heterocycles. The molecule has 1 N–H and O–H groups in total. The molecule has 0 unspecified atom stereocenters. The van der Waals surface area contributed by atoms with Crippen molar-refractivity contribution in [3.63, 3.8) is 0 Å². The molecule has 0 saturated carbocycles. The Kier molecular flexibility index (Phi) is 39.5. The van der Waals surface area contributed by atoms with Crippen LogP contribution in [-0.4, -0.2) is 51.7 Å². The van der Waals surface area contributed by atoms with E-state index in [1.165, 1.54) is 12.1 Å². The summed E-state index contributed by atoms with van der Waals surface area (Å²) in [4.78, 5) is 9.37. The summed E-state index contributed by atoms with van der Waals surface area (Å²) in [5, 5.41) is 7.72. The van der Waals surface area contributed by atoms with Gasteiger partial charge in [0.2, 0.25) is 0 Å². The highest BCUT2D eigenvalue weighted by atomic mass is 19.1. The Morgan fingerprint density at radius 2 is 1.52 bits per heavy atom. The van der Waals surface area contributed by atoms with Gasteiger partial charge in [0, 0.05) is 33.9 Å². The van der Waals surface area contributed by atoms with Gasteiger partial charge in [-0.1, -0.05) is 39.8 Å². The average Bonchev–Trinajstić information content (AvgIpc) is 2.67. The number of carboxylic acid groups (broad SMARTS) is 1. The Morgan fingerprint density at radius 3 is 1.70 bits per heavy atom. The summed E-state index contributed by atoms with van der Waals surface area (Å²) >= 11 is 0. The van der Waals surface area contributed by atoms with Crippen LogP contribution in [0.1, 0.15) is 53.0 Å². The third-order valence-electron chi connectivity index (χ3n) is 2.33. The van der Waals surface area contributed by atoms with Crippen LogP contribution in [-0.2, 0) is 19.0 Å². The number of hydrogen-bond donors (Lipinski definition) is 1. The first-order valence-corrected chi connectivity index (χ1v) is 9.38. The van der Waals surface area contributed by atoms with Crippen LogP contribution < -0.4 is 0 Å². The molecule has 0 aromatic heterocycles. The summed E-state index contributed by atoms with van der Waals surface area (Å²) in [6.45, 7) is 14.7. The monoisotopic (exact) mass is 392 g/mol. The van der Waals surface area contributed by atoms with Crippen molar-refractivity contribution in [1.29, 1.82) is 0 Å². The maximum Gasteiger partial charge on any atom is 0.303 e. The Bertz CT molecular complexity index is 353. The Balaban J connectivity index is -0.000000129. The molecule has 1 aromatic rings. The second kappa shape index (κ2) is 32.2. The zero-order valence-electron chi connectivity index (χ0n) is 18.5.